The van der Waals surface area contributed by atoms with Gasteiger partial charge in [0.25, 0.3) is 0 Å². The molecule has 3 heterocycles. The highest BCUT2D eigenvalue weighted by Crippen LogP contribution is 2.45. The molecule has 0 radical (unpaired) electrons. The van der Waals surface area contributed by atoms with Crippen LogP contribution in [0.4, 0.5) is 0 Å². The SMILES string of the molecule is CC1(C)C=Cc2c(ccc3c2O[C@@H](c2ccc4c(c2)OCO4)CC3=O)O1. The lowest BCUT2D eigenvalue weighted by molar-refractivity contribution is 0.0846. The first-order chi connectivity index (χ1) is 12.5. The number of ether oxygens (including phenoxy) is 4. The van der Waals surface area contributed by atoms with E-state index in [9.17, 15) is 4.79 Å². The molecule has 0 spiro atoms. The molecule has 1 atom stereocenters. The van der Waals surface area contributed by atoms with Crippen molar-refractivity contribution in [3.8, 4) is 23.0 Å². The second kappa shape index (κ2) is 5.27. The highest BCUT2D eigenvalue weighted by molar-refractivity contribution is 6.01. The Balaban J connectivity index is 1.55. The van der Waals surface area contributed by atoms with Crippen molar-refractivity contribution in [1.29, 1.82) is 0 Å². The Kier molecular flexibility index (Phi) is 3.11. The highest BCUT2D eigenvalue weighted by atomic mass is 16.7. The van der Waals surface area contributed by atoms with E-state index in [0.717, 1.165) is 16.9 Å². The Morgan fingerprint density at radius 1 is 1.04 bits per heavy atom. The summed E-state index contributed by atoms with van der Waals surface area (Å²) in [4.78, 5) is 12.7. The second-order valence-electron chi connectivity index (χ2n) is 7.24. The Bertz CT molecular complexity index is 957. The van der Waals surface area contributed by atoms with Gasteiger partial charge in [0.2, 0.25) is 6.79 Å². The first-order valence-electron chi connectivity index (χ1n) is 8.65. The van der Waals surface area contributed by atoms with Gasteiger partial charge in [-0.05, 0) is 55.8 Å². The van der Waals surface area contributed by atoms with E-state index in [1.54, 1.807) is 6.07 Å². The summed E-state index contributed by atoms with van der Waals surface area (Å²) >= 11 is 0. The van der Waals surface area contributed by atoms with E-state index in [1.165, 1.54) is 0 Å². The smallest absolute Gasteiger partial charge is 0.231 e. The van der Waals surface area contributed by atoms with Gasteiger partial charge < -0.3 is 18.9 Å². The Labute approximate surface area is 151 Å². The lowest BCUT2D eigenvalue weighted by Gasteiger charge is -2.32. The van der Waals surface area contributed by atoms with Crippen LogP contribution in [0, 0.1) is 0 Å². The van der Waals surface area contributed by atoms with Crippen molar-refractivity contribution in [3.05, 3.63) is 53.1 Å². The zero-order valence-electron chi connectivity index (χ0n) is 14.6. The first-order valence-corrected chi connectivity index (χ1v) is 8.65. The summed E-state index contributed by atoms with van der Waals surface area (Å²) in [6.07, 6.45) is 3.89. The van der Waals surface area contributed by atoms with Crippen LogP contribution in [0.5, 0.6) is 23.0 Å². The molecule has 0 saturated carbocycles. The molecule has 5 nitrogen and oxygen atoms in total. The van der Waals surface area contributed by atoms with Crippen molar-refractivity contribution < 1.29 is 23.7 Å². The third-order valence-corrected chi connectivity index (χ3v) is 4.88. The number of hydrogen-bond donors (Lipinski definition) is 0. The van der Waals surface area contributed by atoms with Gasteiger partial charge in [-0.3, -0.25) is 4.79 Å². The van der Waals surface area contributed by atoms with Gasteiger partial charge in [-0.25, -0.2) is 0 Å². The van der Waals surface area contributed by atoms with E-state index in [2.05, 4.69) is 0 Å². The number of carbonyl (C=O) groups is 1. The Morgan fingerprint density at radius 2 is 1.85 bits per heavy atom. The minimum Gasteiger partial charge on any atom is -0.484 e. The summed E-state index contributed by atoms with van der Waals surface area (Å²) in [5.74, 6) is 2.79. The molecule has 0 aromatic heterocycles. The zero-order valence-corrected chi connectivity index (χ0v) is 14.6. The molecule has 3 aliphatic heterocycles. The summed E-state index contributed by atoms with van der Waals surface area (Å²) in [6.45, 7) is 4.21. The van der Waals surface area contributed by atoms with Gasteiger partial charge in [0.05, 0.1) is 17.5 Å². The third-order valence-electron chi connectivity index (χ3n) is 4.88. The van der Waals surface area contributed by atoms with Crippen LogP contribution in [0.15, 0.2) is 36.4 Å². The van der Waals surface area contributed by atoms with Crippen molar-refractivity contribution in [2.45, 2.75) is 32.0 Å². The molecule has 132 valence electrons. The number of ketones is 1. The number of fused-ring (bicyclic) bond motifs is 4. The molecule has 0 unspecified atom stereocenters. The topological polar surface area (TPSA) is 54.0 Å². The normalized spacial score (nSPS) is 21.5. The predicted molar refractivity (Wildman–Crippen MR) is 95.1 cm³/mol. The average Bonchev–Trinajstić information content (AvgIpc) is 3.08. The molecule has 0 fully saturated rings. The van der Waals surface area contributed by atoms with Gasteiger partial charge in [0.1, 0.15) is 23.2 Å². The fraction of sp³-hybridized carbons (Fsp3) is 0.286. The lowest BCUT2D eigenvalue weighted by Crippen LogP contribution is -2.28. The molecule has 2 aromatic rings. The van der Waals surface area contributed by atoms with Crippen LogP contribution >= 0.6 is 0 Å². The van der Waals surface area contributed by atoms with Gasteiger partial charge in [-0.1, -0.05) is 6.07 Å². The lowest BCUT2D eigenvalue weighted by atomic mass is 9.92. The summed E-state index contributed by atoms with van der Waals surface area (Å²) < 4.78 is 23.1. The summed E-state index contributed by atoms with van der Waals surface area (Å²) in [7, 11) is 0. The van der Waals surface area contributed by atoms with Crippen LogP contribution in [0.2, 0.25) is 0 Å². The number of hydrogen-bond acceptors (Lipinski definition) is 5. The molecule has 26 heavy (non-hydrogen) atoms. The molecule has 2 aromatic carbocycles. The Hall–Kier alpha value is -2.95. The second-order valence-corrected chi connectivity index (χ2v) is 7.24. The fourth-order valence-electron chi connectivity index (χ4n) is 3.54. The average molecular weight is 350 g/mol. The monoisotopic (exact) mass is 350 g/mol. The molecular weight excluding hydrogens is 332 g/mol. The van der Waals surface area contributed by atoms with Gasteiger partial charge in [0.15, 0.2) is 17.3 Å². The number of Topliss-reactive ketones (excluding diaryl/α,β-unsaturated/α-hetero) is 1. The van der Waals surface area contributed by atoms with Gasteiger partial charge in [0, 0.05) is 0 Å². The third kappa shape index (κ3) is 2.35. The maximum atomic E-state index is 12.7. The predicted octanol–water partition coefficient (Wildman–Crippen LogP) is 4.31. The van der Waals surface area contributed by atoms with Crippen molar-refractivity contribution in [2.24, 2.45) is 0 Å². The Morgan fingerprint density at radius 3 is 2.73 bits per heavy atom. The number of rotatable bonds is 1. The molecule has 5 heteroatoms. The quantitative estimate of drug-likeness (QED) is 0.767. The summed E-state index contributed by atoms with van der Waals surface area (Å²) in [5.41, 5.74) is 1.94. The molecular formula is C21H18O5. The van der Waals surface area contributed by atoms with E-state index < -0.39 is 0 Å². The summed E-state index contributed by atoms with van der Waals surface area (Å²) in [6, 6.07) is 9.30. The van der Waals surface area contributed by atoms with Crippen molar-refractivity contribution in [2.75, 3.05) is 6.79 Å². The van der Waals surface area contributed by atoms with Gasteiger partial charge in [-0.15, -0.1) is 0 Å². The van der Waals surface area contributed by atoms with Crippen molar-refractivity contribution >= 4 is 11.9 Å². The number of carbonyl (C=O) groups excluding carboxylic acids is 1. The van der Waals surface area contributed by atoms with Crippen molar-refractivity contribution in [3.63, 3.8) is 0 Å². The van der Waals surface area contributed by atoms with Crippen LogP contribution in [0.3, 0.4) is 0 Å². The molecule has 0 aliphatic carbocycles. The molecule has 5 rings (SSSR count). The first kappa shape index (κ1) is 15.3. The van der Waals surface area contributed by atoms with Crippen LogP contribution in [-0.4, -0.2) is 18.2 Å². The van der Waals surface area contributed by atoms with Crippen LogP contribution in [0.25, 0.3) is 6.08 Å². The van der Waals surface area contributed by atoms with E-state index in [1.807, 2.05) is 50.3 Å². The largest absolute Gasteiger partial charge is 0.484 e. The number of benzene rings is 2. The molecule has 0 N–H and O–H groups in total. The minimum atomic E-state index is -0.378. The molecule has 0 saturated heterocycles. The fourth-order valence-corrected chi connectivity index (χ4v) is 3.54. The molecule has 0 amide bonds. The van der Waals surface area contributed by atoms with Crippen LogP contribution in [-0.2, 0) is 0 Å². The van der Waals surface area contributed by atoms with Gasteiger partial charge >= 0.3 is 0 Å². The summed E-state index contributed by atoms with van der Waals surface area (Å²) in [5, 5.41) is 0. The zero-order chi connectivity index (χ0) is 17.9. The van der Waals surface area contributed by atoms with E-state index in [4.69, 9.17) is 18.9 Å². The molecule has 0 bridgehead atoms. The van der Waals surface area contributed by atoms with E-state index in [0.29, 0.717) is 29.2 Å². The maximum absolute atomic E-state index is 12.7. The maximum Gasteiger partial charge on any atom is 0.231 e. The van der Waals surface area contributed by atoms with E-state index in [-0.39, 0.29) is 24.3 Å². The minimum absolute atomic E-state index is 0.0648. The van der Waals surface area contributed by atoms with Gasteiger partial charge in [-0.2, -0.15) is 0 Å². The van der Waals surface area contributed by atoms with Crippen LogP contribution < -0.4 is 18.9 Å². The molecule has 3 aliphatic rings. The van der Waals surface area contributed by atoms with Crippen molar-refractivity contribution in [1.82, 2.24) is 0 Å². The highest BCUT2D eigenvalue weighted by Gasteiger charge is 2.33. The van der Waals surface area contributed by atoms with Crippen LogP contribution in [0.1, 0.15) is 47.9 Å². The van der Waals surface area contributed by atoms with E-state index >= 15 is 0 Å². The standard InChI is InChI=1S/C21H18O5/c1-21(2)8-7-14-16(26-21)6-4-13-15(22)10-18(25-20(13)14)12-3-5-17-19(9-12)24-11-23-17/h3-9,18H,10-11H2,1-2H3/t18-/m1/s1.